The predicted molar refractivity (Wildman–Crippen MR) is 146 cm³/mol. The Morgan fingerprint density at radius 1 is 1.23 bits per heavy atom. The Morgan fingerprint density at radius 3 is 2.60 bits per heavy atom. The zero-order valence-corrected chi connectivity index (χ0v) is 21.8. The molecule has 0 atom stereocenters. The Bertz CT molecular complexity index is 1250. The number of carbonyl (C=O) groups is 1. The Hall–Kier alpha value is -2.89. The first kappa shape index (κ1) is 25.2. The first-order valence-electron chi connectivity index (χ1n) is 12.2. The van der Waals surface area contributed by atoms with Crippen molar-refractivity contribution in [2.75, 3.05) is 5.32 Å². The second-order valence-electron chi connectivity index (χ2n) is 9.01. The molecule has 0 spiro atoms. The number of unbranched alkanes of at least 4 members (excludes halogenated alkanes) is 1. The van der Waals surface area contributed by atoms with E-state index in [2.05, 4.69) is 18.3 Å². The SMILES string of the molecule is CCCCn1c(NCc2ccccc2)c(/C=C2/SC(=S)N(C3CCCC3)C2=O)c(C)c(C#N)c1=O. The van der Waals surface area contributed by atoms with Crippen molar-refractivity contribution in [2.45, 2.75) is 71.5 Å². The van der Waals surface area contributed by atoms with Gasteiger partial charge in [-0.1, -0.05) is 80.5 Å². The summed E-state index contributed by atoms with van der Waals surface area (Å²) in [6.07, 6.45) is 7.71. The quantitative estimate of drug-likeness (QED) is 0.372. The highest BCUT2D eigenvalue weighted by molar-refractivity contribution is 8.26. The van der Waals surface area contributed by atoms with Crippen molar-refractivity contribution in [3.63, 3.8) is 0 Å². The maximum atomic E-state index is 13.4. The van der Waals surface area contributed by atoms with Crippen molar-refractivity contribution in [3.05, 3.63) is 67.8 Å². The molecule has 182 valence electrons. The number of nitrogens with one attached hydrogen (secondary N) is 1. The van der Waals surface area contributed by atoms with Crippen LogP contribution in [0.25, 0.3) is 6.08 Å². The summed E-state index contributed by atoms with van der Waals surface area (Å²) >= 11 is 6.89. The van der Waals surface area contributed by atoms with E-state index < -0.39 is 0 Å². The van der Waals surface area contributed by atoms with Crippen LogP contribution in [0.5, 0.6) is 0 Å². The van der Waals surface area contributed by atoms with Crippen LogP contribution < -0.4 is 10.9 Å². The number of hydrogen-bond acceptors (Lipinski definition) is 6. The minimum atomic E-state index is -0.301. The van der Waals surface area contributed by atoms with Crippen molar-refractivity contribution in [2.24, 2.45) is 0 Å². The van der Waals surface area contributed by atoms with Crippen LogP contribution in [-0.2, 0) is 17.9 Å². The zero-order chi connectivity index (χ0) is 24.9. The van der Waals surface area contributed by atoms with Gasteiger partial charge < -0.3 is 5.32 Å². The first-order valence-corrected chi connectivity index (χ1v) is 13.4. The summed E-state index contributed by atoms with van der Waals surface area (Å²) in [6, 6.07) is 12.2. The van der Waals surface area contributed by atoms with E-state index in [0.717, 1.165) is 44.1 Å². The molecule has 1 N–H and O–H groups in total. The molecule has 35 heavy (non-hydrogen) atoms. The van der Waals surface area contributed by atoms with Gasteiger partial charge in [-0.25, -0.2) is 0 Å². The van der Waals surface area contributed by atoms with E-state index in [1.807, 2.05) is 36.4 Å². The maximum absolute atomic E-state index is 13.4. The molecule has 6 nitrogen and oxygen atoms in total. The third-order valence-corrected chi connectivity index (χ3v) is 8.03. The molecule has 1 aromatic heterocycles. The summed E-state index contributed by atoms with van der Waals surface area (Å²) in [7, 11) is 0. The fourth-order valence-electron chi connectivity index (χ4n) is 4.75. The minimum absolute atomic E-state index is 0.0786. The number of nitrogens with zero attached hydrogens (tertiary/aromatic N) is 3. The molecule has 1 aliphatic carbocycles. The fraction of sp³-hybridized carbons (Fsp3) is 0.407. The van der Waals surface area contributed by atoms with E-state index in [4.69, 9.17) is 12.2 Å². The number of rotatable bonds is 8. The Balaban J connectivity index is 1.81. The predicted octanol–water partition coefficient (Wildman–Crippen LogP) is 5.58. The lowest BCUT2D eigenvalue weighted by atomic mass is 10.0. The molecule has 4 rings (SSSR count). The van der Waals surface area contributed by atoms with E-state index in [-0.39, 0.29) is 23.1 Å². The number of benzene rings is 1. The molecular weight excluding hydrogens is 476 g/mol. The average molecular weight is 507 g/mol. The largest absolute Gasteiger partial charge is 0.367 e. The van der Waals surface area contributed by atoms with Crippen LogP contribution in [0.2, 0.25) is 0 Å². The molecule has 1 saturated carbocycles. The van der Waals surface area contributed by atoms with Gasteiger partial charge in [0.1, 0.15) is 21.8 Å². The van der Waals surface area contributed by atoms with Crippen LogP contribution in [0.15, 0.2) is 40.0 Å². The number of hydrogen-bond donors (Lipinski definition) is 1. The monoisotopic (exact) mass is 506 g/mol. The van der Waals surface area contributed by atoms with Crippen molar-refractivity contribution in [3.8, 4) is 6.07 Å². The number of aromatic nitrogens is 1. The summed E-state index contributed by atoms with van der Waals surface area (Å²) in [5, 5.41) is 13.3. The van der Waals surface area contributed by atoms with E-state index >= 15 is 0 Å². The van der Waals surface area contributed by atoms with E-state index in [9.17, 15) is 14.9 Å². The minimum Gasteiger partial charge on any atom is -0.367 e. The summed E-state index contributed by atoms with van der Waals surface area (Å²) in [6.45, 7) is 4.85. The van der Waals surface area contributed by atoms with Gasteiger partial charge >= 0.3 is 0 Å². The van der Waals surface area contributed by atoms with Gasteiger partial charge in [-0.15, -0.1) is 0 Å². The molecule has 1 saturated heterocycles. The molecule has 1 aromatic carbocycles. The van der Waals surface area contributed by atoms with Gasteiger partial charge in [0.25, 0.3) is 11.5 Å². The molecule has 0 bridgehead atoms. The molecule has 1 aliphatic heterocycles. The number of amides is 1. The van der Waals surface area contributed by atoms with Crippen LogP contribution in [0.3, 0.4) is 0 Å². The van der Waals surface area contributed by atoms with Gasteiger partial charge in [-0.2, -0.15) is 5.26 Å². The second-order valence-corrected chi connectivity index (χ2v) is 10.7. The van der Waals surface area contributed by atoms with Gasteiger partial charge in [0.2, 0.25) is 0 Å². The summed E-state index contributed by atoms with van der Waals surface area (Å²) in [5.41, 5.74) is 2.16. The van der Waals surface area contributed by atoms with Crippen LogP contribution in [0.4, 0.5) is 5.82 Å². The number of pyridine rings is 1. The molecular formula is C27H30N4O2S2. The number of thioether (sulfide) groups is 1. The highest BCUT2D eigenvalue weighted by atomic mass is 32.2. The molecule has 8 heteroatoms. The molecule has 1 amide bonds. The molecule has 2 aromatic rings. The van der Waals surface area contributed by atoms with Gasteiger partial charge in [-0.05, 0) is 43.4 Å². The first-order chi connectivity index (χ1) is 17.0. The van der Waals surface area contributed by atoms with Crippen molar-refractivity contribution >= 4 is 46.1 Å². The van der Waals surface area contributed by atoms with Crippen LogP contribution in [-0.4, -0.2) is 25.7 Å². The second kappa shape index (κ2) is 11.2. The highest BCUT2D eigenvalue weighted by Gasteiger charge is 2.38. The van der Waals surface area contributed by atoms with Gasteiger partial charge in [-0.3, -0.25) is 19.1 Å². The molecule has 0 radical (unpaired) electrons. The number of nitriles is 1. The summed E-state index contributed by atoms with van der Waals surface area (Å²) < 4.78 is 2.24. The van der Waals surface area contributed by atoms with Crippen LogP contribution >= 0.6 is 24.0 Å². The standard InChI is InChI=1S/C27H30N4O2S2/c1-3-4-14-30-24(29-17-19-10-6-5-7-11-19)21(18(2)22(16-28)25(30)32)15-23-26(33)31(27(34)35-23)20-12-8-9-13-20/h5-7,10-11,15,20,29H,3-4,8-9,12-14,17H2,1-2H3/b23-15+. The smallest absolute Gasteiger partial charge is 0.270 e. The van der Waals surface area contributed by atoms with Gasteiger partial charge in [0.15, 0.2) is 0 Å². The summed E-state index contributed by atoms with van der Waals surface area (Å²) in [5.74, 6) is 0.556. The Morgan fingerprint density at radius 2 is 1.94 bits per heavy atom. The lowest BCUT2D eigenvalue weighted by Crippen LogP contribution is -2.36. The lowest BCUT2D eigenvalue weighted by molar-refractivity contribution is -0.123. The summed E-state index contributed by atoms with van der Waals surface area (Å²) in [4.78, 5) is 29.0. The molecule has 2 heterocycles. The van der Waals surface area contributed by atoms with Crippen LogP contribution in [0, 0.1) is 18.3 Å². The molecule has 2 fully saturated rings. The number of anilines is 1. The molecule has 0 unspecified atom stereocenters. The van der Waals surface area contributed by atoms with Crippen molar-refractivity contribution in [1.29, 1.82) is 5.26 Å². The normalized spacial score (nSPS) is 17.4. The maximum Gasteiger partial charge on any atom is 0.270 e. The van der Waals surface area contributed by atoms with E-state index in [1.54, 1.807) is 16.4 Å². The Kier molecular flexibility index (Phi) is 8.09. The van der Waals surface area contributed by atoms with E-state index in [0.29, 0.717) is 39.3 Å². The van der Waals surface area contributed by atoms with Gasteiger partial charge in [0, 0.05) is 24.7 Å². The third-order valence-electron chi connectivity index (χ3n) is 6.70. The third kappa shape index (κ3) is 5.21. The zero-order valence-electron chi connectivity index (χ0n) is 20.2. The van der Waals surface area contributed by atoms with Gasteiger partial charge in [0.05, 0.1) is 4.91 Å². The van der Waals surface area contributed by atoms with Crippen LogP contribution in [0.1, 0.15) is 67.7 Å². The van der Waals surface area contributed by atoms with Crippen molar-refractivity contribution < 1.29 is 4.79 Å². The van der Waals surface area contributed by atoms with Crippen molar-refractivity contribution in [1.82, 2.24) is 9.47 Å². The number of carbonyl (C=O) groups excluding carboxylic acids is 1. The topological polar surface area (TPSA) is 78.1 Å². The lowest BCUT2D eigenvalue weighted by Gasteiger charge is -2.22. The highest BCUT2D eigenvalue weighted by Crippen LogP contribution is 2.39. The fourth-order valence-corrected chi connectivity index (χ4v) is 6.14. The number of thiocarbonyl (C=S) groups is 1. The molecule has 2 aliphatic rings. The Labute approximate surface area is 216 Å². The van der Waals surface area contributed by atoms with E-state index in [1.165, 1.54) is 11.8 Å². The average Bonchev–Trinajstić information content (AvgIpc) is 3.47.